The fourth-order valence-electron chi connectivity index (χ4n) is 4.89. The molecular formula is C26H23BrN2O5. The highest BCUT2D eigenvalue weighted by Gasteiger charge is 2.48. The van der Waals surface area contributed by atoms with Crippen LogP contribution >= 0.6 is 15.9 Å². The molecule has 34 heavy (non-hydrogen) atoms. The van der Waals surface area contributed by atoms with Gasteiger partial charge in [-0.15, -0.1) is 0 Å². The quantitative estimate of drug-likeness (QED) is 0.259. The van der Waals surface area contributed by atoms with E-state index in [1.807, 2.05) is 37.3 Å². The highest BCUT2D eigenvalue weighted by Crippen LogP contribution is 2.40. The number of amides is 3. The molecule has 0 unspecified atom stereocenters. The second-order valence-electron chi connectivity index (χ2n) is 9.01. The van der Waals surface area contributed by atoms with Crippen molar-refractivity contribution in [1.29, 1.82) is 0 Å². The molecule has 0 spiro atoms. The number of carbonyl (C=O) groups is 4. The fourth-order valence-corrected chi connectivity index (χ4v) is 5.16. The Kier molecular flexibility index (Phi) is 5.85. The summed E-state index contributed by atoms with van der Waals surface area (Å²) < 4.78 is 6.42. The summed E-state index contributed by atoms with van der Waals surface area (Å²) in [6.07, 6.45) is 3.31. The Balaban J connectivity index is 1.24. The molecule has 2 aromatic rings. The number of hydrogen-bond donors (Lipinski definition) is 0. The number of rotatable bonds is 4. The number of benzene rings is 2. The van der Waals surface area contributed by atoms with Gasteiger partial charge in [-0.2, -0.15) is 0 Å². The van der Waals surface area contributed by atoms with Gasteiger partial charge in [-0.25, -0.2) is 0 Å². The van der Waals surface area contributed by atoms with Gasteiger partial charge >= 0.3 is 5.97 Å². The van der Waals surface area contributed by atoms with Crippen LogP contribution in [0.25, 0.3) is 0 Å². The molecule has 3 aliphatic rings. The van der Waals surface area contributed by atoms with Crippen LogP contribution in [0.1, 0.15) is 26.2 Å². The number of imide groups is 1. The van der Waals surface area contributed by atoms with Crippen molar-refractivity contribution in [3.63, 3.8) is 0 Å². The molecule has 0 saturated carbocycles. The summed E-state index contributed by atoms with van der Waals surface area (Å²) in [6.45, 7) is 2.24. The van der Waals surface area contributed by atoms with Gasteiger partial charge in [0.2, 0.25) is 17.7 Å². The predicted octanol–water partition coefficient (Wildman–Crippen LogP) is 4.25. The molecule has 7 nitrogen and oxygen atoms in total. The summed E-state index contributed by atoms with van der Waals surface area (Å²) in [5, 5.41) is 0. The number of anilines is 2. The Morgan fingerprint density at radius 1 is 0.912 bits per heavy atom. The molecule has 0 aromatic heterocycles. The maximum Gasteiger partial charge on any atom is 0.316 e. The van der Waals surface area contributed by atoms with Crippen LogP contribution in [0.5, 0.6) is 5.75 Å². The zero-order valence-electron chi connectivity index (χ0n) is 18.6. The molecule has 0 radical (unpaired) electrons. The number of carbonyl (C=O) groups excluding carboxylic acids is 4. The minimum Gasteiger partial charge on any atom is -0.426 e. The maximum absolute atomic E-state index is 12.9. The summed E-state index contributed by atoms with van der Waals surface area (Å²) in [5.74, 6) is -1.84. The van der Waals surface area contributed by atoms with E-state index in [9.17, 15) is 19.2 Å². The average Bonchev–Trinajstić information content (AvgIpc) is 3.32. The molecule has 2 saturated heterocycles. The third-order valence-electron chi connectivity index (χ3n) is 6.73. The van der Waals surface area contributed by atoms with Gasteiger partial charge in [-0.05, 0) is 68.3 Å². The Hall–Kier alpha value is -3.26. The molecule has 2 heterocycles. The van der Waals surface area contributed by atoms with E-state index in [-0.39, 0.29) is 42.5 Å². The van der Waals surface area contributed by atoms with Gasteiger partial charge in [-0.1, -0.05) is 27.6 Å². The molecule has 174 valence electrons. The topological polar surface area (TPSA) is 84.0 Å². The monoisotopic (exact) mass is 522 g/mol. The number of esters is 1. The van der Waals surface area contributed by atoms with Gasteiger partial charge in [0, 0.05) is 23.1 Å². The maximum atomic E-state index is 12.9. The molecular weight excluding hydrogens is 500 g/mol. The van der Waals surface area contributed by atoms with Gasteiger partial charge in [0.05, 0.1) is 23.4 Å². The van der Waals surface area contributed by atoms with Crippen LogP contribution in [0.2, 0.25) is 0 Å². The molecule has 2 fully saturated rings. The first-order valence-electron chi connectivity index (χ1n) is 11.2. The smallest absolute Gasteiger partial charge is 0.316 e. The minimum absolute atomic E-state index is 0.0833. The van der Waals surface area contributed by atoms with E-state index in [1.165, 1.54) is 4.90 Å². The van der Waals surface area contributed by atoms with Crippen molar-refractivity contribution in [1.82, 2.24) is 0 Å². The van der Waals surface area contributed by atoms with E-state index < -0.39 is 11.9 Å². The summed E-state index contributed by atoms with van der Waals surface area (Å²) in [4.78, 5) is 53.7. The minimum atomic E-state index is -0.573. The van der Waals surface area contributed by atoms with E-state index in [2.05, 4.69) is 15.9 Å². The van der Waals surface area contributed by atoms with Gasteiger partial charge < -0.3 is 9.64 Å². The van der Waals surface area contributed by atoms with Crippen molar-refractivity contribution in [2.24, 2.45) is 17.8 Å². The normalized spacial score (nSPS) is 24.4. The third kappa shape index (κ3) is 4.07. The number of allylic oxidation sites excluding steroid dienone is 2. The zero-order chi connectivity index (χ0) is 24.0. The Bertz CT molecular complexity index is 1200. The lowest BCUT2D eigenvalue weighted by Gasteiger charge is -2.18. The van der Waals surface area contributed by atoms with Crippen LogP contribution in [-0.2, 0) is 19.2 Å². The highest BCUT2D eigenvalue weighted by molar-refractivity contribution is 9.10. The van der Waals surface area contributed by atoms with Crippen molar-refractivity contribution in [3.05, 3.63) is 64.7 Å². The lowest BCUT2D eigenvalue weighted by molar-refractivity contribution is -0.139. The lowest BCUT2D eigenvalue weighted by atomic mass is 9.82. The van der Waals surface area contributed by atoms with E-state index in [1.54, 1.807) is 29.2 Å². The van der Waals surface area contributed by atoms with E-state index in [0.717, 1.165) is 15.7 Å². The van der Waals surface area contributed by atoms with Gasteiger partial charge in [0.25, 0.3) is 0 Å². The molecule has 8 heteroatoms. The first-order valence-corrected chi connectivity index (χ1v) is 12.0. The first-order chi connectivity index (χ1) is 16.3. The molecule has 5 rings (SSSR count). The summed E-state index contributed by atoms with van der Waals surface area (Å²) >= 11 is 3.37. The zero-order valence-corrected chi connectivity index (χ0v) is 20.2. The molecule has 0 N–H and O–H groups in total. The number of fused-ring (bicyclic) bond motifs is 1. The molecule has 0 bridgehead atoms. The molecule has 2 aromatic carbocycles. The highest BCUT2D eigenvalue weighted by atomic mass is 79.9. The van der Waals surface area contributed by atoms with Crippen molar-refractivity contribution in [2.45, 2.75) is 26.2 Å². The first kappa shape index (κ1) is 22.5. The fraction of sp³-hybridized carbons (Fsp3) is 0.308. The molecule has 2 aliphatic heterocycles. The van der Waals surface area contributed by atoms with E-state index in [4.69, 9.17) is 4.74 Å². The van der Waals surface area contributed by atoms with E-state index >= 15 is 0 Å². The Morgan fingerprint density at radius 3 is 2.26 bits per heavy atom. The molecule has 3 atom stereocenters. The van der Waals surface area contributed by atoms with Gasteiger partial charge in [0.15, 0.2) is 0 Å². The summed E-state index contributed by atoms with van der Waals surface area (Å²) in [6, 6.07) is 13.7. The summed E-state index contributed by atoms with van der Waals surface area (Å²) in [5.41, 5.74) is 2.34. The van der Waals surface area contributed by atoms with Crippen molar-refractivity contribution < 1.29 is 23.9 Å². The van der Waals surface area contributed by atoms with Gasteiger partial charge in [0.1, 0.15) is 5.75 Å². The average molecular weight is 523 g/mol. The lowest BCUT2D eigenvalue weighted by Crippen LogP contribution is -2.30. The number of halogens is 1. The number of ether oxygens (including phenoxy) is 1. The predicted molar refractivity (Wildman–Crippen MR) is 129 cm³/mol. The SMILES string of the molecule is CC1=CC[C@@H]2C(=O)N(c3ccc(OC(=O)[C@H]4CC(=O)N(c5ccc(Br)cc5)C4)cc3)C(=O)[C@H]2C1. The van der Waals surface area contributed by atoms with Crippen LogP contribution < -0.4 is 14.5 Å². The number of nitrogens with zero attached hydrogens (tertiary/aromatic N) is 2. The Labute approximate surface area is 205 Å². The van der Waals surface area contributed by atoms with Crippen molar-refractivity contribution >= 4 is 51.0 Å². The van der Waals surface area contributed by atoms with Crippen LogP contribution in [0.3, 0.4) is 0 Å². The van der Waals surface area contributed by atoms with Crippen LogP contribution in [-0.4, -0.2) is 30.2 Å². The van der Waals surface area contributed by atoms with Gasteiger partial charge in [-0.3, -0.25) is 24.1 Å². The van der Waals surface area contributed by atoms with Crippen molar-refractivity contribution in [2.75, 3.05) is 16.3 Å². The number of hydrogen-bond acceptors (Lipinski definition) is 5. The standard InChI is InChI=1S/C26H23BrN2O5/c1-15-2-11-21-22(12-15)25(32)29(24(21)31)19-7-9-20(10-8-19)34-26(33)16-13-23(30)28(14-16)18-5-3-17(27)4-6-18/h2-10,16,21-22H,11-14H2,1H3/t16-,21-,22-/m0/s1. The molecule has 1 aliphatic carbocycles. The second-order valence-corrected chi connectivity index (χ2v) is 9.93. The van der Waals surface area contributed by atoms with Crippen molar-refractivity contribution in [3.8, 4) is 5.75 Å². The van der Waals surface area contributed by atoms with Crippen LogP contribution in [0.15, 0.2) is 64.7 Å². The third-order valence-corrected chi connectivity index (χ3v) is 7.26. The van der Waals surface area contributed by atoms with E-state index in [0.29, 0.717) is 24.3 Å². The second kappa shape index (κ2) is 8.83. The van der Waals surface area contributed by atoms with Crippen LogP contribution in [0, 0.1) is 17.8 Å². The molecule has 3 amide bonds. The largest absolute Gasteiger partial charge is 0.426 e. The Morgan fingerprint density at radius 2 is 1.56 bits per heavy atom. The van der Waals surface area contributed by atoms with Crippen LogP contribution in [0.4, 0.5) is 11.4 Å². The summed E-state index contributed by atoms with van der Waals surface area (Å²) in [7, 11) is 0.